The lowest BCUT2D eigenvalue weighted by Crippen LogP contribution is -2.01. The van der Waals surface area contributed by atoms with Gasteiger partial charge in [0.15, 0.2) is 11.6 Å². The number of nitrogens with zero attached hydrogens (tertiary/aromatic N) is 1. The molecule has 2 nitrogen and oxygen atoms in total. The Morgan fingerprint density at radius 1 is 1.28 bits per heavy atom. The average molecular weight is 248 g/mol. The second-order valence-corrected chi connectivity index (χ2v) is 3.40. The van der Waals surface area contributed by atoms with Crippen molar-refractivity contribution in [1.29, 1.82) is 0 Å². The van der Waals surface area contributed by atoms with Gasteiger partial charge in [-0.2, -0.15) is 0 Å². The second kappa shape index (κ2) is 5.46. The third-order valence-electron chi connectivity index (χ3n) is 2.45. The number of terminal acetylenes is 1. The number of hydrogen-bond donors (Lipinski definition) is 1. The first kappa shape index (κ1) is 13.9. The Kier molecular flexibility index (Phi) is 4.22. The van der Waals surface area contributed by atoms with Crippen LogP contribution in [0.3, 0.4) is 0 Å². The molecule has 0 radical (unpaired) electrons. The Labute approximate surface area is 105 Å². The molecule has 1 aromatic heterocycles. The van der Waals surface area contributed by atoms with E-state index in [4.69, 9.17) is 12.2 Å². The van der Waals surface area contributed by atoms with Crippen molar-refractivity contribution < 1.29 is 8.78 Å². The summed E-state index contributed by atoms with van der Waals surface area (Å²) in [5.74, 6) is 0.771. The predicted molar refractivity (Wildman–Crippen MR) is 70.1 cm³/mol. The van der Waals surface area contributed by atoms with Gasteiger partial charge in [0, 0.05) is 5.39 Å². The topological polar surface area (TPSA) is 38.9 Å². The summed E-state index contributed by atoms with van der Waals surface area (Å²) in [7, 11) is 0. The zero-order valence-corrected chi connectivity index (χ0v) is 10.5. The van der Waals surface area contributed by atoms with Crippen LogP contribution in [0.5, 0.6) is 0 Å². The van der Waals surface area contributed by atoms with Crippen molar-refractivity contribution >= 4 is 16.7 Å². The van der Waals surface area contributed by atoms with E-state index in [2.05, 4.69) is 10.9 Å². The molecule has 0 amide bonds. The number of aryl methyl sites for hydroxylation is 1. The fourth-order valence-electron chi connectivity index (χ4n) is 1.66. The smallest absolute Gasteiger partial charge is 0.168 e. The molecular weight excluding hydrogens is 234 g/mol. The van der Waals surface area contributed by atoms with Gasteiger partial charge in [-0.25, -0.2) is 13.8 Å². The molecule has 2 rings (SSSR count). The van der Waals surface area contributed by atoms with Gasteiger partial charge in [-0.3, -0.25) is 0 Å². The molecule has 0 aliphatic heterocycles. The van der Waals surface area contributed by atoms with E-state index in [0.717, 1.165) is 0 Å². The van der Waals surface area contributed by atoms with Crippen LogP contribution in [0.1, 0.15) is 25.0 Å². The van der Waals surface area contributed by atoms with Crippen molar-refractivity contribution in [2.24, 2.45) is 0 Å². The van der Waals surface area contributed by atoms with E-state index >= 15 is 0 Å². The van der Waals surface area contributed by atoms with Crippen LogP contribution in [-0.2, 0) is 0 Å². The van der Waals surface area contributed by atoms with Crippen LogP contribution in [0.2, 0.25) is 0 Å². The third kappa shape index (κ3) is 2.12. The van der Waals surface area contributed by atoms with Gasteiger partial charge in [0.25, 0.3) is 0 Å². The van der Waals surface area contributed by atoms with E-state index in [-0.39, 0.29) is 16.9 Å². The number of nitrogen functional groups attached to an aromatic ring is 1. The predicted octanol–water partition coefficient (Wildman–Crippen LogP) is 3.41. The number of halogens is 2. The van der Waals surface area contributed by atoms with Crippen LogP contribution < -0.4 is 5.73 Å². The quantitative estimate of drug-likeness (QED) is 0.725. The summed E-state index contributed by atoms with van der Waals surface area (Å²) in [4.78, 5) is 3.83. The highest BCUT2D eigenvalue weighted by atomic mass is 19.1. The molecule has 0 fully saturated rings. The molecule has 0 atom stereocenters. The third-order valence-corrected chi connectivity index (χ3v) is 2.45. The van der Waals surface area contributed by atoms with E-state index in [9.17, 15) is 8.78 Å². The van der Waals surface area contributed by atoms with E-state index < -0.39 is 11.6 Å². The highest BCUT2D eigenvalue weighted by Crippen LogP contribution is 2.27. The molecule has 0 spiro atoms. The van der Waals surface area contributed by atoms with Crippen LogP contribution in [0.4, 0.5) is 14.6 Å². The maximum atomic E-state index is 13.5. The van der Waals surface area contributed by atoms with E-state index in [1.54, 1.807) is 0 Å². The van der Waals surface area contributed by atoms with Gasteiger partial charge in [0.1, 0.15) is 5.82 Å². The molecule has 94 valence electrons. The lowest BCUT2D eigenvalue weighted by atomic mass is 10.0. The number of fused-ring (bicyclic) bond motifs is 1. The van der Waals surface area contributed by atoms with Crippen LogP contribution in [0, 0.1) is 30.9 Å². The first-order chi connectivity index (χ1) is 8.56. The molecule has 2 aromatic rings. The van der Waals surface area contributed by atoms with Gasteiger partial charge in [-0.1, -0.05) is 19.8 Å². The standard InChI is InChI=1S/C12H8F2N2.C2H6/c1-3-7-8(13)4-5-9-10(7)6(2)11(14)12(15)16-9;1-2/h1,4-5H,2H3,(H2,15,16);1-2H3. The van der Waals surface area contributed by atoms with Crippen LogP contribution in [0.25, 0.3) is 10.9 Å². The van der Waals surface area contributed by atoms with Gasteiger partial charge in [0.05, 0.1) is 11.1 Å². The first-order valence-electron chi connectivity index (χ1n) is 5.56. The average Bonchev–Trinajstić information content (AvgIpc) is 2.39. The molecule has 0 unspecified atom stereocenters. The number of anilines is 1. The van der Waals surface area contributed by atoms with Gasteiger partial charge in [0.2, 0.25) is 0 Å². The Morgan fingerprint density at radius 2 is 1.89 bits per heavy atom. The van der Waals surface area contributed by atoms with Gasteiger partial charge in [-0.15, -0.1) is 6.42 Å². The highest BCUT2D eigenvalue weighted by Gasteiger charge is 2.14. The second-order valence-electron chi connectivity index (χ2n) is 3.40. The molecule has 0 aliphatic rings. The highest BCUT2D eigenvalue weighted by molar-refractivity contribution is 5.89. The van der Waals surface area contributed by atoms with Crippen molar-refractivity contribution in [3.63, 3.8) is 0 Å². The van der Waals surface area contributed by atoms with Crippen molar-refractivity contribution in [2.75, 3.05) is 5.73 Å². The fourth-order valence-corrected chi connectivity index (χ4v) is 1.66. The lowest BCUT2D eigenvalue weighted by molar-refractivity contribution is 0.617. The summed E-state index contributed by atoms with van der Waals surface area (Å²) in [6.45, 7) is 5.50. The Morgan fingerprint density at radius 3 is 2.44 bits per heavy atom. The van der Waals surface area contributed by atoms with Crippen LogP contribution in [0.15, 0.2) is 12.1 Å². The molecule has 2 N–H and O–H groups in total. The van der Waals surface area contributed by atoms with Gasteiger partial charge in [-0.05, 0) is 24.6 Å². The van der Waals surface area contributed by atoms with Crippen LogP contribution in [-0.4, -0.2) is 4.98 Å². The Balaban J connectivity index is 0.000000771. The minimum atomic E-state index is -0.658. The Hall–Kier alpha value is -2.15. The molecule has 0 bridgehead atoms. The number of nitrogens with two attached hydrogens (primary N) is 1. The SMILES string of the molecule is C#Cc1c(F)ccc2nc(N)c(F)c(C)c12.CC. The molecule has 0 saturated carbocycles. The van der Waals surface area contributed by atoms with Crippen molar-refractivity contribution in [1.82, 2.24) is 4.98 Å². The zero-order chi connectivity index (χ0) is 13.9. The summed E-state index contributed by atoms with van der Waals surface area (Å²) in [6, 6.07) is 2.62. The zero-order valence-electron chi connectivity index (χ0n) is 10.5. The van der Waals surface area contributed by atoms with E-state index in [0.29, 0.717) is 10.9 Å². The minimum Gasteiger partial charge on any atom is -0.381 e. The fraction of sp³-hybridized carbons (Fsp3) is 0.214. The molecule has 1 aromatic carbocycles. The molecule has 0 aliphatic carbocycles. The minimum absolute atomic E-state index is 0.0152. The largest absolute Gasteiger partial charge is 0.381 e. The molecular formula is C14H14F2N2. The van der Waals surface area contributed by atoms with Crippen molar-refractivity contribution in [3.05, 3.63) is 34.9 Å². The van der Waals surface area contributed by atoms with Gasteiger partial charge < -0.3 is 5.73 Å². The number of aromatic nitrogens is 1. The summed E-state index contributed by atoms with van der Waals surface area (Å²) in [5.41, 5.74) is 6.01. The van der Waals surface area contributed by atoms with Crippen molar-refractivity contribution in [3.8, 4) is 12.3 Å². The summed E-state index contributed by atoms with van der Waals surface area (Å²) >= 11 is 0. The number of rotatable bonds is 0. The summed E-state index contributed by atoms with van der Waals surface area (Å²) in [6.07, 6.45) is 5.20. The van der Waals surface area contributed by atoms with E-state index in [1.807, 2.05) is 13.8 Å². The van der Waals surface area contributed by atoms with Crippen molar-refractivity contribution in [2.45, 2.75) is 20.8 Å². The number of benzene rings is 1. The first-order valence-corrected chi connectivity index (χ1v) is 5.56. The molecule has 4 heteroatoms. The summed E-state index contributed by atoms with van der Waals surface area (Å²) < 4.78 is 26.9. The molecule has 1 heterocycles. The maximum absolute atomic E-state index is 13.5. The van der Waals surface area contributed by atoms with Crippen LogP contribution >= 0.6 is 0 Å². The monoisotopic (exact) mass is 248 g/mol. The maximum Gasteiger partial charge on any atom is 0.168 e. The van der Waals surface area contributed by atoms with E-state index in [1.165, 1.54) is 19.1 Å². The number of pyridine rings is 1. The molecule has 18 heavy (non-hydrogen) atoms. The normalized spacial score (nSPS) is 9.56. The van der Waals surface area contributed by atoms with Gasteiger partial charge >= 0.3 is 0 Å². The lowest BCUT2D eigenvalue weighted by Gasteiger charge is -2.08. The molecule has 0 saturated heterocycles. The summed E-state index contributed by atoms with van der Waals surface area (Å²) in [5, 5.41) is 0.300. The Bertz CT molecular complexity index is 628. The number of hydrogen-bond acceptors (Lipinski definition) is 2.